The molecule has 0 aromatic carbocycles. The lowest BCUT2D eigenvalue weighted by Gasteiger charge is -2.03. The van der Waals surface area contributed by atoms with Gasteiger partial charge < -0.3 is 0 Å². The fourth-order valence-corrected chi connectivity index (χ4v) is 0.967. The monoisotopic (exact) mass is 140 g/mol. The molecule has 0 saturated heterocycles. The van der Waals surface area contributed by atoms with E-state index in [1.165, 1.54) is 19.3 Å². The Bertz CT molecular complexity index is 98.6. The van der Waals surface area contributed by atoms with Crippen LogP contribution in [0.15, 0.2) is 11.6 Å². The van der Waals surface area contributed by atoms with E-state index in [4.69, 9.17) is 0 Å². The molecule has 0 amide bonds. The summed E-state index contributed by atoms with van der Waals surface area (Å²) in [4.78, 5) is 0. The summed E-state index contributed by atoms with van der Waals surface area (Å²) < 4.78 is 0. The highest BCUT2D eigenvalue weighted by atomic mass is 14.0. The Morgan fingerprint density at radius 3 is 2.40 bits per heavy atom. The summed E-state index contributed by atoms with van der Waals surface area (Å²) >= 11 is 0. The van der Waals surface area contributed by atoms with Crippen molar-refractivity contribution in [1.29, 1.82) is 0 Å². The summed E-state index contributed by atoms with van der Waals surface area (Å²) in [7, 11) is 0. The summed E-state index contributed by atoms with van der Waals surface area (Å²) in [6, 6.07) is 0. The van der Waals surface area contributed by atoms with E-state index in [1.807, 2.05) is 0 Å². The second-order valence-corrected chi connectivity index (χ2v) is 3.39. The van der Waals surface area contributed by atoms with Crippen molar-refractivity contribution in [3.05, 3.63) is 11.6 Å². The molecule has 0 rings (SSSR count). The zero-order chi connectivity index (χ0) is 7.98. The highest BCUT2D eigenvalue weighted by molar-refractivity contribution is 4.96. The molecule has 0 fully saturated rings. The van der Waals surface area contributed by atoms with E-state index in [-0.39, 0.29) is 0 Å². The van der Waals surface area contributed by atoms with Gasteiger partial charge in [0.25, 0.3) is 0 Å². The van der Waals surface area contributed by atoms with Crippen LogP contribution in [0.3, 0.4) is 0 Å². The van der Waals surface area contributed by atoms with Crippen LogP contribution in [-0.4, -0.2) is 0 Å². The molecule has 0 spiro atoms. The molecule has 0 N–H and O–H groups in total. The van der Waals surface area contributed by atoms with Crippen LogP contribution >= 0.6 is 0 Å². The summed E-state index contributed by atoms with van der Waals surface area (Å²) in [5.74, 6) is 0.847. The van der Waals surface area contributed by atoms with E-state index in [2.05, 4.69) is 33.8 Å². The Kier molecular flexibility index (Phi) is 5.38. The SMILES string of the molecule is CC/C=C(/C)CCC(C)C. The van der Waals surface area contributed by atoms with Gasteiger partial charge in [-0.2, -0.15) is 0 Å². The molecule has 0 aromatic heterocycles. The zero-order valence-corrected chi connectivity index (χ0v) is 7.78. The number of allylic oxidation sites excluding steroid dienone is 2. The quantitative estimate of drug-likeness (QED) is 0.521. The number of hydrogen-bond acceptors (Lipinski definition) is 0. The van der Waals surface area contributed by atoms with Gasteiger partial charge in [-0.05, 0) is 32.1 Å². The van der Waals surface area contributed by atoms with E-state index in [9.17, 15) is 0 Å². The van der Waals surface area contributed by atoms with E-state index >= 15 is 0 Å². The van der Waals surface area contributed by atoms with Gasteiger partial charge in [-0.3, -0.25) is 0 Å². The minimum absolute atomic E-state index is 0.847. The predicted molar refractivity (Wildman–Crippen MR) is 48.1 cm³/mol. The molecule has 0 unspecified atom stereocenters. The summed E-state index contributed by atoms with van der Waals surface area (Å²) in [6.45, 7) is 8.98. The van der Waals surface area contributed by atoms with Gasteiger partial charge in [0.1, 0.15) is 0 Å². The van der Waals surface area contributed by atoms with Gasteiger partial charge in [0.05, 0.1) is 0 Å². The molecule has 0 aliphatic heterocycles. The zero-order valence-electron chi connectivity index (χ0n) is 7.78. The van der Waals surface area contributed by atoms with E-state index < -0.39 is 0 Å². The first-order valence-corrected chi connectivity index (χ1v) is 4.32. The Morgan fingerprint density at radius 2 is 2.00 bits per heavy atom. The van der Waals surface area contributed by atoms with Crippen molar-refractivity contribution < 1.29 is 0 Å². The molecular weight excluding hydrogens is 120 g/mol. The molecule has 0 aromatic rings. The first kappa shape index (κ1) is 9.74. The van der Waals surface area contributed by atoms with Crippen LogP contribution in [-0.2, 0) is 0 Å². The van der Waals surface area contributed by atoms with Crippen molar-refractivity contribution in [2.45, 2.75) is 47.0 Å². The van der Waals surface area contributed by atoms with Crippen LogP contribution < -0.4 is 0 Å². The van der Waals surface area contributed by atoms with E-state index in [0.29, 0.717) is 0 Å². The molecule has 0 heterocycles. The molecular formula is C10H20. The first-order valence-electron chi connectivity index (χ1n) is 4.32. The Labute approximate surface area is 65.3 Å². The molecule has 0 heteroatoms. The van der Waals surface area contributed by atoms with Crippen LogP contribution in [0.4, 0.5) is 0 Å². The fourth-order valence-electron chi connectivity index (χ4n) is 0.967. The summed E-state index contributed by atoms with van der Waals surface area (Å²) in [6.07, 6.45) is 6.13. The van der Waals surface area contributed by atoms with Crippen molar-refractivity contribution in [2.75, 3.05) is 0 Å². The second kappa shape index (κ2) is 5.52. The third kappa shape index (κ3) is 5.87. The summed E-state index contributed by atoms with van der Waals surface area (Å²) in [5, 5.41) is 0. The molecule has 60 valence electrons. The minimum atomic E-state index is 0.847. The normalized spacial score (nSPS) is 12.7. The lowest BCUT2D eigenvalue weighted by Crippen LogP contribution is -1.87. The molecule has 0 aliphatic rings. The molecule has 0 nitrogen and oxygen atoms in total. The smallest absolute Gasteiger partial charge is 0.0321 e. The maximum atomic E-state index is 2.32. The number of rotatable bonds is 4. The molecule has 0 atom stereocenters. The Hall–Kier alpha value is -0.260. The lowest BCUT2D eigenvalue weighted by molar-refractivity contribution is 0.584. The second-order valence-electron chi connectivity index (χ2n) is 3.39. The molecule has 0 saturated carbocycles. The van der Waals surface area contributed by atoms with Gasteiger partial charge in [0, 0.05) is 0 Å². The van der Waals surface area contributed by atoms with Gasteiger partial charge in [0.15, 0.2) is 0 Å². The predicted octanol–water partition coefficient (Wildman–Crippen LogP) is 3.78. The molecule has 0 aliphatic carbocycles. The van der Waals surface area contributed by atoms with E-state index in [0.717, 1.165) is 5.92 Å². The van der Waals surface area contributed by atoms with Crippen LogP contribution in [0, 0.1) is 5.92 Å². The van der Waals surface area contributed by atoms with Gasteiger partial charge in [0.2, 0.25) is 0 Å². The topological polar surface area (TPSA) is 0 Å². The van der Waals surface area contributed by atoms with Gasteiger partial charge in [-0.15, -0.1) is 0 Å². The third-order valence-electron chi connectivity index (χ3n) is 1.67. The van der Waals surface area contributed by atoms with Gasteiger partial charge >= 0.3 is 0 Å². The Balaban J connectivity index is 3.39. The largest absolute Gasteiger partial charge is 0.0859 e. The van der Waals surface area contributed by atoms with Gasteiger partial charge in [-0.25, -0.2) is 0 Å². The fraction of sp³-hybridized carbons (Fsp3) is 0.800. The third-order valence-corrected chi connectivity index (χ3v) is 1.67. The molecule has 0 bridgehead atoms. The molecule has 0 radical (unpaired) electrons. The lowest BCUT2D eigenvalue weighted by atomic mass is 10.0. The number of hydrogen-bond donors (Lipinski definition) is 0. The van der Waals surface area contributed by atoms with Crippen LogP contribution in [0.25, 0.3) is 0 Å². The van der Waals surface area contributed by atoms with Crippen LogP contribution in [0.2, 0.25) is 0 Å². The average molecular weight is 140 g/mol. The molecule has 10 heavy (non-hydrogen) atoms. The van der Waals surface area contributed by atoms with Gasteiger partial charge in [-0.1, -0.05) is 32.4 Å². The van der Waals surface area contributed by atoms with Crippen molar-refractivity contribution in [3.8, 4) is 0 Å². The minimum Gasteiger partial charge on any atom is -0.0859 e. The standard InChI is InChI=1S/C10H20/c1-5-6-10(4)8-7-9(2)3/h6,9H,5,7-8H2,1-4H3/b10-6-. The summed E-state index contributed by atoms with van der Waals surface area (Å²) in [5.41, 5.74) is 1.55. The maximum absolute atomic E-state index is 2.32. The highest BCUT2D eigenvalue weighted by Crippen LogP contribution is 2.10. The first-order chi connectivity index (χ1) is 4.66. The van der Waals surface area contributed by atoms with Crippen molar-refractivity contribution in [1.82, 2.24) is 0 Å². The highest BCUT2D eigenvalue weighted by Gasteiger charge is 1.93. The maximum Gasteiger partial charge on any atom is -0.0321 e. The van der Waals surface area contributed by atoms with Crippen LogP contribution in [0.5, 0.6) is 0 Å². The van der Waals surface area contributed by atoms with E-state index in [1.54, 1.807) is 5.57 Å². The van der Waals surface area contributed by atoms with Crippen molar-refractivity contribution in [3.63, 3.8) is 0 Å². The van der Waals surface area contributed by atoms with Crippen molar-refractivity contribution >= 4 is 0 Å². The van der Waals surface area contributed by atoms with Crippen LogP contribution in [0.1, 0.15) is 47.0 Å². The van der Waals surface area contributed by atoms with Crippen molar-refractivity contribution in [2.24, 2.45) is 5.92 Å². The Morgan fingerprint density at radius 1 is 1.40 bits per heavy atom. The average Bonchev–Trinajstić information content (AvgIpc) is 1.85.